The quantitative estimate of drug-likeness (QED) is 0.471. The van der Waals surface area contributed by atoms with E-state index in [2.05, 4.69) is 13.8 Å². The van der Waals surface area contributed by atoms with Crippen LogP contribution in [0.3, 0.4) is 0 Å². The summed E-state index contributed by atoms with van der Waals surface area (Å²) in [5, 5.41) is 8.59. The van der Waals surface area contributed by atoms with Crippen LogP contribution in [0.25, 0.3) is 0 Å². The van der Waals surface area contributed by atoms with Gasteiger partial charge >= 0.3 is 23.1 Å². The summed E-state index contributed by atoms with van der Waals surface area (Å²) in [4.78, 5) is 0. The maximum atomic E-state index is 8.59. The van der Waals surface area contributed by atoms with Gasteiger partial charge in [0.05, 0.1) is 0 Å². The van der Waals surface area contributed by atoms with Crippen LogP contribution >= 0.6 is 0 Å². The Bertz CT molecular complexity index is 59.0. The number of aliphatic hydroxyl groups excluding tert-OH is 1. The van der Waals surface area contributed by atoms with Gasteiger partial charge < -0.3 is 29.9 Å². The second-order valence-electron chi connectivity index (χ2n) is 2.58. The van der Waals surface area contributed by atoms with Crippen LogP contribution in [0.2, 0.25) is 0 Å². The minimum atomic E-state index is 0. The topological polar surface area (TPSA) is 20.2 Å². The van der Waals surface area contributed by atoms with Crippen molar-refractivity contribution in [2.75, 3.05) is 6.61 Å². The summed E-state index contributed by atoms with van der Waals surface area (Å²) in [5.41, 5.74) is 0. The normalized spacial score (nSPS) is 10.2. The molecule has 0 saturated carbocycles. The molecule has 0 bridgehead atoms. The molecule has 72 valence electrons. The Morgan fingerprint density at radius 1 is 1.08 bits per heavy atom. The monoisotopic (exact) mass is 224 g/mol. The van der Waals surface area contributed by atoms with Crippen LogP contribution in [0.1, 0.15) is 39.5 Å². The Morgan fingerprint density at radius 2 is 1.58 bits per heavy atom. The van der Waals surface area contributed by atoms with E-state index >= 15 is 0 Å². The molecule has 0 fully saturated rings. The fourth-order valence-corrected chi connectivity index (χ4v) is 1.14. The second-order valence-corrected chi connectivity index (χ2v) is 2.58. The number of halogens is 2. The van der Waals surface area contributed by atoms with E-state index in [1.807, 2.05) is 0 Å². The maximum Gasteiger partial charge on any atom is 2.00 e. The molecule has 0 aliphatic carbocycles. The molecule has 0 aromatic heterocycles. The molecule has 1 N–H and O–H groups in total. The number of aliphatic hydroxyl groups is 1. The number of hydrogen-bond donors (Lipinski definition) is 1. The Balaban J connectivity index is -0.000000107. The van der Waals surface area contributed by atoms with E-state index in [1.54, 1.807) is 0 Å². The molecule has 1 unspecified atom stereocenters. The summed E-state index contributed by atoms with van der Waals surface area (Å²) in [6.45, 7) is 4.74. The number of hydrogen-bond acceptors (Lipinski definition) is 1. The van der Waals surface area contributed by atoms with E-state index in [9.17, 15) is 0 Å². The third-order valence-corrected chi connectivity index (χ3v) is 1.81. The van der Waals surface area contributed by atoms with Crippen LogP contribution in [0.5, 0.6) is 0 Å². The molecule has 1 nitrogen and oxygen atoms in total. The summed E-state index contributed by atoms with van der Waals surface area (Å²) in [6, 6.07) is 0. The Hall–Kier alpha value is 1.31. The van der Waals surface area contributed by atoms with Crippen LogP contribution in [-0.2, 0) is 0 Å². The zero-order valence-corrected chi connectivity index (χ0v) is 10.9. The van der Waals surface area contributed by atoms with Crippen molar-refractivity contribution in [3.8, 4) is 0 Å². The summed E-state index contributed by atoms with van der Waals surface area (Å²) in [6.07, 6.45) is 4.73. The Kier molecular flexibility index (Phi) is 35.2. The van der Waals surface area contributed by atoms with Crippen molar-refractivity contribution in [1.82, 2.24) is 0 Å². The molecule has 12 heavy (non-hydrogen) atoms. The van der Waals surface area contributed by atoms with Crippen LogP contribution in [0, 0.1) is 5.92 Å². The first-order valence-corrected chi connectivity index (χ1v) is 3.96. The molecule has 0 spiro atoms. The molecule has 0 aromatic rings. The minimum Gasteiger partial charge on any atom is -1.00 e. The van der Waals surface area contributed by atoms with Crippen molar-refractivity contribution >= 4 is 23.1 Å². The summed E-state index contributed by atoms with van der Waals surface area (Å²) in [7, 11) is 0. The molecule has 0 saturated heterocycles. The molecule has 0 heterocycles. The van der Waals surface area contributed by atoms with Crippen molar-refractivity contribution in [2.24, 2.45) is 5.92 Å². The van der Waals surface area contributed by atoms with Crippen LogP contribution in [0.15, 0.2) is 0 Å². The van der Waals surface area contributed by atoms with Gasteiger partial charge in [0, 0.05) is 6.61 Å². The molecule has 1 atom stereocenters. The SMILES string of the molecule is CCCC(CC)CCO.[Cl-].[Cl-].[Mg+2]. The first-order chi connectivity index (χ1) is 4.35. The van der Waals surface area contributed by atoms with Crippen molar-refractivity contribution in [3.05, 3.63) is 0 Å². The van der Waals surface area contributed by atoms with Gasteiger partial charge in [-0.2, -0.15) is 0 Å². The standard InChI is InChI=1S/C8H18O.2ClH.Mg/c1-3-5-8(4-2)6-7-9;;;/h8-9H,3-7H2,1-2H3;2*1H;/q;;;+2/p-2. The van der Waals surface area contributed by atoms with Gasteiger partial charge in [-0.15, -0.1) is 0 Å². The average molecular weight is 225 g/mol. The molecule has 0 aliphatic rings. The van der Waals surface area contributed by atoms with Crippen LogP contribution in [-0.4, -0.2) is 34.8 Å². The third kappa shape index (κ3) is 13.9. The molecule has 0 radical (unpaired) electrons. The second kappa shape index (κ2) is 18.2. The predicted molar refractivity (Wildman–Crippen MR) is 46.1 cm³/mol. The molecule has 0 rings (SSSR count). The Labute approximate surface area is 105 Å². The minimum absolute atomic E-state index is 0. The molecule has 0 aromatic carbocycles. The zero-order chi connectivity index (χ0) is 7.11. The van der Waals surface area contributed by atoms with E-state index < -0.39 is 0 Å². The van der Waals surface area contributed by atoms with Gasteiger partial charge in [0.25, 0.3) is 0 Å². The van der Waals surface area contributed by atoms with E-state index in [1.165, 1.54) is 19.3 Å². The molecule has 0 amide bonds. The van der Waals surface area contributed by atoms with E-state index in [4.69, 9.17) is 5.11 Å². The van der Waals surface area contributed by atoms with Crippen molar-refractivity contribution in [3.63, 3.8) is 0 Å². The molecular formula is C8H18Cl2MgO. The first kappa shape index (κ1) is 23.3. The summed E-state index contributed by atoms with van der Waals surface area (Å²) in [5.74, 6) is 0.764. The van der Waals surface area contributed by atoms with Gasteiger partial charge in [-0.05, 0) is 12.3 Å². The van der Waals surface area contributed by atoms with E-state index in [0.717, 1.165) is 12.3 Å². The smallest absolute Gasteiger partial charge is 1.00 e. The van der Waals surface area contributed by atoms with Crippen LogP contribution < -0.4 is 24.8 Å². The van der Waals surface area contributed by atoms with Crippen molar-refractivity contribution in [2.45, 2.75) is 39.5 Å². The maximum absolute atomic E-state index is 8.59. The molecule has 4 heteroatoms. The van der Waals surface area contributed by atoms with Gasteiger partial charge in [-0.3, -0.25) is 0 Å². The van der Waals surface area contributed by atoms with Gasteiger partial charge in [-0.1, -0.05) is 33.1 Å². The van der Waals surface area contributed by atoms with Crippen LogP contribution in [0.4, 0.5) is 0 Å². The fraction of sp³-hybridized carbons (Fsp3) is 1.00. The van der Waals surface area contributed by atoms with Gasteiger partial charge in [0.1, 0.15) is 0 Å². The predicted octanol–water partition coefficient (Wildman–Crippen LogP) is -4.18. The van der Waals surface area contributed by atoms with Gasteiger partial charge in [-0.25, -0.2) is 0 Å². The van der Waals surface area contributed by atoms with Crippen molar-refractivity contribution in [1.29, 1.82) is 0 Å². The third-order valence-electron chi connectivity index (χ3n) is 1.81. The van der Waals surface area contributed by atoms with Gasteiger partial charge in [0.2, 0.25) is 0 Å². The Morgan fingerprint density at radius 3 is 1.83 bits per heavy atom. The van der Waals surface area contributed by atoms with E-state index in [0.29, 0.717) is 6.61 Å². The average Bonchev–Trinajstić information content (AvgIpc) is 1.88. The molecule has 0 aliphatic heterocycles. The fourth-order valence-electron chi connectivity index (χ4n) is 1.14. The van der Waals surface area contributed by atoms with E-state index in [-0.39, 0.29) is 47.9 Å². The van der Waals surface area contributed by atoms with Gasteiger partial charge in [0.15, 0.2) is 0 Å². The zero-order valence-electron chi connectivity index (χ0n) is 8.02. The largest absolute Gasteiger partial charge is 2.00 e. The summed E-state index contributed by atoms with van der Waals surface area (Å²) >= 11 is 0. The summed E-state index contributed by atoms with van der Waals surface area (Å²) < 4.78 is 0. The first-order valence-electron chi connectivity index (χ1n) is 3.96. The number of rotatable bonds is 5. The van der Waals surface area contributed by atoms with Crippen molar-refractivity contribution < 1.29 is 29.9 Å². The molecular weight excluding hydrogens is 207 g/mol.